The molecule has 170 valence electrons. The second-order valence-electron chi connectivity index (χ2n) is 11.2. The topological polar surface area (TPSA) is 81.4 Å². The number of carbonyl (C=O) groups is 2. The van der Waals surface area contributed by atoms with Crippen molar-refractivity contribution in [2.45, 2.75) is 118 Å². The highest BCUT2D eigenvalue weighted by Gasteiger charge is 2.44. The quantitative estimate of drug-likeness (QED) is 0.493. The number of ether oxygens (including phenoxy) is 1. The normalized spacial score (nSPS) is 26.9. The van der Waals surface area contributed by atoms with E-state index in [9.17, 15) is 9.59 Å². The van der Waals surface area contributed by atoms with E-state index in [1.54, 1.807) is 0 Å². The Morgan fingerprint density at radius 3 is 2.10 bits per heavy atom. The van der Waals surface area contributed by atoms with Crippen LogP contribution in [0.4, 0.5) is 0 Å². The smallest absolute Gasteiger partial charge is 0.155 e. The van der Waals surface area contributed by atoms with Crippen LogP contribution < -0.4 is 11.1 Å². The van der Waals surface area contributed by atoms with Gasteiger partial charge in [-0.25, -0.2) is 0 Å². The van der Waals surface area contributed by atoms with Crippen molar-refractivity contribution in [1.29, 1.82) is 0 Å². The van der Waals surface area contributed by atoms with Crippen molar-refractivity contribution in [3.63, 3.8) is 0 Å². The van der Waals surface area contributed by atoms with Gasteiger partial charge in [0, 0.05) is 29.3 Å². The molecule has 1 fully saturated rings. The number of nitrogens with one attached hydrogen (secondary N) is 1. The molecule has 0 aromatic rings. The van der Waals surface area contributed by atoms with E-state index in [-0.39, 0.29) is 28.1 Å². The van der Waals surface area contributed by atoms with E-state index in [0.29, 0.717) is 19.4 Å². The summed E-state index contributed by atoms with van der Waals surface area (Å²) in [7, 11) is 0. The van der Waals surface area contributed by atoms with Crippen molar-refractivity contribution in [3.8, 4) is 0 Å². The lowest BCUT2D eigenvalue weighted by Gasteiger charge is -2.43. The Bertz CT molecular complexity index is 555. The highest BCUT2D eigenvalue weighted by atomic mass is 16.5. The zero-order valence-corrected chi connectivity index (χ0v) is 20.2. The van der Waals surface area contributed by atoms with Crippen molar-refractivity contribution in [2.75, 3.05) is 13.2 Å². The molecule has 1 atom stereocenters. The lowest BCUT2D eigenvalue weighted by molar-refractivity contribution is -0.137. The van der Waals surface area contributed by atoms with Gasteiger partial charge in [-0.2, -0.15) is 0 Å². The third-order valence-corrected chi connectivity index (χ3v) is 6.87. The molecule has 1 aliphatic carbocycles. The summed E-state index contributed by atoms with van der Waals surface area (Å²) in [6.45, 7) is 18.1. The van der Waals surface area contributed by atoms with Crippen LogP contribution in [0.2, 0.25) is 0 Å². The van der Waals surface area contributed by atoms with Crippen LogP contribution in [0.1, 0.15) is 100 Å². The highest BCUT2D eigenvalue weighted by molar-refractivity contribution is 5.90. The Morgan fingerprint density at radius 1 is 1.07 bits per heavy atom. The molecule has 0 saturated heterocycles. The van der Waals surface area contributed by atoms with Gasteiger partial charge >= 0.3 is 0 Å². The molecule has 1 aliphatic rings. The van der Waals surface area contributed by atoms with Crippen molar-refractivity contribution in [2.24, 2.45) is 16.6 Å². The number of Topliss-reactive ketones (excluding diaryl/α,β-unsaturated/α-hetero) is 2. The molecule has 0 aromatic heterocycles. The van der Waals surface area contributed by atoms with Gasteiger partial charge in [0.1, 0.15) is 5.78 Å². The first-order valence-electron chi connectivity index (χ1n) is 11.4. The first-order chi connectivity index (χ1) is 13.1. The average Bonchev–Trinajstić information content (AvgIpc) is 2.64. The third kappa shape index (κ3) is 8.10. The van der Waals surface area contributed by atoms with Crippen LogP contribution in [0, 0.1) is 10.8 Å². The van der Waals surface area contributed by atoms with E-state index >= 15 is 0 Å². The minimum Gasteiger partial charge on any atom is -0.374 e. The lowest BCUT2D eigenvalue weighted by atomic mass is 9.66. The lowest BCUT2D eigenvalue weighted by Crippen LogP contribution is -2.48. The summed E-state index contributed by atoms with van der Waals surface area (Å²) in [5, 5.41) is 3.44. The van der Waals surface area contributed by atoms with Crippen molar-refractivity contribution < 1.29 is 14.3 Å². The molecule has 3 N–H and O–H groups in total. The predicted octanol–water partition coefficient (Wildman–Crippen LogP) is 4.41. The Labute approximate surface area is 178 Å². The van der Waals surface area contributed by atoms with E-state index in [2.05, 4.69) is 33.0 Å². The van der Waals surface area contributed by atoms with Crippen molar-refractivity contribution in [1.82, 2.24) is 5.32 Å². The van der Waals surface area contributed by atoms with Crippen LogP contribution in [0.25, 0.3) is 0 Å². The van der Waals surface area contributed by atoms with E-state index < -0.39 is 11.5 Å². The van der Waals surface area contributed by atoms with Crippen LogP contribution in [0.5, 0.6) is 0 Å². The summed E-state index contributed by atoms with van der Waals surface area (Å²) >= 11 is 0. The molecule has 0 bridgehead atoms. The molecule has 0 aromatic carbocycles. The van der Waals surface area contributed by atoms with Crippen LogP contribution in [0.3, 0.4) is 0 Å². The van der Waals surface area contributed by atoms with Crippen molar-refractivity contribution >= 4 is 11.6 Å². The molecule has 0 aliphatic heterocycles. The largest absolute Gasteiger partial charge is 0.374 e. The van der Waals surface area contributed by atoms with Gasteiger partial charge in [-0.15, -0.1) is 0 Å². The van der Waals surface area contributed by atoms with Gasteiger partial charge in [0.25, 0.3) is 0 Å². The number of hydrogen-bond donors (Lipinski definition) is 2. The highest BCUT2D eigenvalue weighted by Crippen LogP contribution is 2.43. The summed E-state index contributed by atoms with van der Waals surface area (Å²) < 4.78 is 6.18. The zero-order chi connectivity index (χ0) is 22.5. The summed E-state index contributed by atoms with van der Waals surface area (Å²) in [5.41, 5.74) is 5.40. The Balaban J connectivity index is 2.51. The first-order valence-corrected chi connectivity index (χ1v) is 11.4. The van der Waals surface area contributed by atoms with Gasteiger partial charge in [0.15, 0.2) is 5.78 Å². The van der Waals surface area contributed by atoms with Gasteiger partial charge in [-0.1, -0.05) is 27.7 Å². The molecule has 5 nitrogen and oxygen atoms in total. The van der Waals surface area contributed by atoms with E-state index in [1.807, 2.05) is 27.7 Å². The maximum absolute atomic E-state index is 13.0. The Hall–Kier alpha value is -0.780. The van der Waals surface area contributed by atoms with Gasteiger partial charge in [0.2, 0.25) is 0 Å². The van der Waals surface area contributed by atoms with Crippen LogP contribution in [-0.2, 0) is 14.3 Å². The number of ketones is 2. The molecule has 1 rings (SSSR count). The van der Waals surface area contributed by atoms with Crippen molar-refractivity contribution in [3.05, 3.63) is 0 Å². The third-order valence-electron chi connectivity index (χ3n) is 6.87. The molecule has 0 spiro atoms. The molecule has 0 radical (unpaired) electrons. The summed E-state index contributed by atoms with van der Waals surface area (Å²) in [6.07, 6.45) is 4.93. The van der Waals surface area contributed by atoms with E-state index in [1.165, 1.54) is 0 Å². The molecular formula is C24H46N2O3. The van der Waals surface area contributed by atoms with Gasteiger partial charge in [0.05, 0.1) is 18.2 Å². The molecule has 5 heteroatoms. The number of rotatable bonds is 11. The van der Waals surface area contributed by atoms with Crippen LogP contribution in [0.15, 0.2) is 0 Å². The number of carbonyl (C=O) groups excluding carboxylic acids is 2. The average molecular weight is 411 g/mol. The summed E-state index contributed by atoms with van der Waals surface area (Å²) in [5.74, 6) is 0.304. The van der Waals surface area contributed by atoms with Crippen LogP contribution in [-0.4, -0.2) is 41.9 Å². The van der Waals surface area contributed by atoms with Gasteiger partial charge in [-0.3, -0.25) is 9.59 Å². The fourth-order valence-electron chi connectivity index (χ4n) is 3.85. The zero-order valence-electron chi connectivity index (χ0n) is 20.2. The fourth-order valence-corrected chi connectivity index (χ4v) is 3.85. The molecule has 1 saturated carbocycles. The first kappa shape index (κ1) is 26.3. The molecule has 0 amide bonds. The van der Waals surface area contributed by atoms with Gasteiger partial charge < -0.3 is 15.8 Å². The Kier molecular flexibility index (Phi) is 9.07. The van der Waals surface area contributed by atoms with E-state index in [0.717, 1.165) is 38.6 Å². The minimum absolute atomic E-state index is 0.0890. The second kappa shape index (κ2) is 10.0. The number of hydrogen-bond acceptors (Lipinski definition) is 5. The second-order valence-corrected chi connectivity index (χ2v) is 11.2. The summed E-state index contributed by atoms with van der Waals surface area (Å²) in [4.78, 5) is 25.4. The molecule has 29 heavy (non-hydrogen) atoms. The summed E-state index contributed by atoms with van der Waals surface area (Å²) in [6, 6.07) is -0.558. The predicted molar refractivity (Wildman–Crippen MR) is 120 cm³/mol. The maximum Gasteiger partial charge on any atom is 0.155 e. The molecular weight excluding hydrogens is 364 g/mol. The molecule has 0 heterocycles. The maximum atomic E-state index is 13.0. The monoisotopic (exact) mass is 410 g/mol. The van der Waals surface area contributed by atoms with Crippen LogP contribution >= 0.6 is 0 Å². The SMILES string of the molecule is CCC(C)(C)C(=O)CCC(N)C(=O)C1(C)CCC(C)(OCCNC(C)(C)C)CC1. The number of nitrogens with two attached hydrogens (primary N) is 1. The van der Waals surface area contributed by atoms with Gasteiger partial charge in [-0.05, 0) is 66.2 Å². The van der Waals surface area contributed by atoms with E-state index in [4.69, 9.17) is 10.5 Å². The minimum atomic E-state index is -0.558. The standard InChI is InChI=1S/C24H46N2O3/c1-9-22(5,6)19(27)11-10-18(25)20(28)23(7)12-14-24(8,15-13-23)29-17-16-26-21(2,3)4/h18,26H,9-17,25H2,1-8H3. The molecule has 1 unspecified atom stereocenters. The fraction of sp³-hybridized carbons (Fsp3) is 0.917. The Morgan fingerprint density at radius 2 is 1.62 bits per heavy atom.